The molecule has 2 aromatic heterocycles. The van der Waals surface area contributed by atoms with Gasteiger partial charge in [0, 0.05) is 42.3 Å². The Balaban J connectivity index is 1.14. The van der Waals surface area contributed by atoms with E-state index in [2.05, 4.69) is 190 Å². The van der Waals surface area contributed by atoms with Gasteiger partial charge in [-0.15, -0.1) is 11.3 Å². The molecular weight excluding hydrogens is 697 g/mol. The van der Waals surface area contributed by atoms with Crippen LogP contribution in [0.5, 0.6) is 0 Å². The van der Waals surface area contributed by atoms with Crippen LogP contribution in [0, 0.1) is 0 Å². The smallest absolute Gasteiger partial charge is 0.160 e. The second-order valence-electron chi connectivity index (χ2n) is 15.4. The first-order chi connectivity index (χ1) is 27.5. The van der Waals surface area contributed by atoms with Crippen molar-refractivity contribution in [3.05, 3.63) is 193 Å². The number of nitrogens with zero attached hydrogens (tertiary/aromatic N) is 2. The lowest BCUT2D eigenvalue weighted by atomic mass is 9.82. The van der Waals surface area contributed by atoms with E-state index in [9.17, 15) is 0 Å². The average molecular weight is 733 g/mol. The number of hydrogen-bond donors (Lipinski definition) is 0. The van der Waals surface area contributed by atoms with E-state index >= 15 is 0 Å². The van der Waals surface area contributed by atoms with Gasteiger partial charge < -0.3 is 0 Å². The van der Waals surface area contributed by atoms with Crippen molar-refractivity contribution in [1.29, 1.82) is 0 Å². The van der Waals surface area contributed by atoms with Crippen LogP contribution in [0.25, 0.3) is 98.2 Å². The molecular formula is C53H36N2S. The predicted molar refractivity (Wildman–Crippen MR) is 237 cm³/mol. The molecule has 0 spiro atoms. The highest BCUT2D eigenvalue weighted by Gasteiger charge is 2.35. The van der Waals surface area contributed by atoms with Crippen LogP contribution in [0.1, 0.15) is 25.0 Å². The number of benzene rings is 8. The molecule has 1 aliphatic carbocycles. The molecule has 0 bridgehead atoms. The van der Waals surface area contributed by atoms with Crippen molar-refractivity contribution >= 4 is 42.3 Å². The minimum atomic E-state index is -0.113. The highest BCUT2D eigenvalue weighted by molar-refractivity contribution is 7.26. The number of aromatic nitrogens is 2. The first-order valence-corrected chi connectivity index (χ1v) is 20.0. The molecule has 3 heteroatoms. The Hall–Kier alpha value is -6.68. The van der Waals surface area contributed by atoms with Gasteiger partial charge in [-0.1, -0.05) is 159 Å². The zero-order valence-corrected chi connectivity index (χ0v) is 31.9. The van der Waals surface area contributed by atoms with Gasteiger partial charge in [0.05, 0.1) is 11.4 Å². The van der Waals surface area contributed by atoms with Crippen molar-refractivity contribution in [3.8, 4) is 67.3 Å². The molecule has 0 radical (unpaired) electrons. The van der Waals surface area contributed by atoms with Crippen molar-refractivity contribution < 1.29 is 0 Å². The number of rotatable bonds is 5. The van der Waals surface area contributed by atoms with E-state index in [-0.39, 0.29) is 5.41 Å². The molecule has 0 unspecified atom stereocenters. The molecule has 0 fully saturated rings. The molecule has 0 saturated heterocycles. The molecule has 0 saturated carbocycles. The number of hydrogen-bond acceptors (Lipinski definition) is 3. The molecule has 0 atom stereocenters. The van der Waals surface area contributed by atoms with Gasteiger partial charge in [-0.3, -0.25) is 0 Å². The van der Waals surface area contributed by atoms with Gasteiger partial charge in [-0.25, -0.2) is 9.97 Å². The maximum Gasteiger partial charge on any atom is 0.160 e. The van der Waals surface area contributed by atoms with Gasteiger partial charge in [0.25, 0.3) is 0 Å². The Bertz CT molecular complexity index is 3160. The lowest BCUT2D eigenvalue weighted by Gasteiger charge is -2.22. The third-order valence-corrected chi connectivity index (χ3v) is 12.9. The van der Waals surface area contributed by atoms with Crippen LogP contribution in [0.4, 0.5) is 0 Å². The van der Waals surface area contributed by atoms with Gasteiger partial charge in [-0.2, -0.15) is 0 Å². The third kappa shape index (κ3) is 5.23. The molecule has 11 rings (SSSR count). The molecule has 0 aliphatic heterocycles. The summed E-state index contributed by atoms with van der Waals surface area (Å²) in [4.78, 5) is 10.6. The summed E-state index contributed by atoms with van der Waals surface area (Å²) < 4.78 is 2.62. The van der Waals surface area contributed by atoms with E-state index in [1.807, 2.05) is 17.4 Å². The molecule has 2 heterocycles. The highest BCUT2D eigenvalue weighted by Crippen LogP contribution is 2.50. The lowest BCUT2D eigenvalue weighted by molar-refractivity contribution is 0.660. The van der Waals surface area contributed by atoms with Crippen LogP contribution in [0.3, 0.4) is 0 Å². The van der Waals surface area contributed by atoms with Crippen LogP contribution in [-0.4, -0.2) is 9.97 Å². The van der Waals surface area contributed by atoms with Crippen molar-refractivity contribution in [1.82, 2.24) is 9.97 Å². The monoisotopic (exact) mass is 732 g/mol. The molecule has 264 valence electrons. The minimum Gasteiger partial charge on any atom is -0.228 e. The van der Waals surface area contributed by atoms with E-state index in [4.69, 9.17) is 9.97 Å². The topological polar surface area (TPSA) is 25.8 Å². The van der Waals surface area contributed by atoms with Gasteiger partial charge in [-0.05, 0) is 91.7 Å². The Morgan fingerprint density at radius 3 is 1.91 bits per heavy atom. The van der Waals surface area contributed by atoms with Crippen LogP contribution < -0.4 is 0 Å². The fraction of sp³-hybridized carbons (Fsp3) is 0.0566. The summed E-state index contributed by atoms with van der Waals surface area (Å²) in [5.41, 5.74) is 14.8. The van der Waals surface area contributed by atoms with Crippen molar-refractivity contribution in [2.45, 2.75) is 19.3 Å². The standard InChI is InChI=1S/C53H36N2S/c1-53(2)45-22-12-11-20-42(45)43-26-25-36(31-46(43)53)47-32-48(55-52(54-47)35-17-7-4-8-18-35)39-29-37(33-14-5-3-6-15-33)28-38(30-39)40-21-13-23-49-50(40)44-27-24-34-16-9-10-19-41(34)51(44)56-49/h3-32H,1-2H3. The van der Waals surface area contributed by atoms with E-state index < -0.39 is 0 Å². The van der Waals surface area contributed by atoms with E-state index in [1.54, 1.807) is 0 Å². The first kappa shape index (κ1) is 32.7. The Morgan fingerprint density at radius 2 is 1.07 bits per heavy atom. The number of thiophene rings is 1. The fourth-order valence-corrected chi connectivity index (χ4v) is 10.1. The lowest BCUT2D eigenvalue weighted by Crippen LogP contribution is -2.14. The molecule has 2 nitrogen and oxygen atoms in total. The fourth-order valence-electron chi connectivity index (χ4n) is 8.85. The van der Waals surface area contributed by atoms with Crippen LogP contribution in [-0.2, 0) is 5.41 Å². The largest absolute Gasteiger partial charge is 0.228 e. The van der Waals surface area contributed by atoms with E-state index in [1.165, 1.54) is 69.9 Å². The normalized spacial score (nSPS) is 13.0. The van der Waals surface area contributed by atoms with Crippen LogP contribution in [0.15, 0.2) is 182 Å². The molecule has 56 heavy (non-hydrogen) atoms. The molecule has 1 aliphatic rings. The quantitative estimate of drug-likeness (QED) is 0.176. The summed E-state index contributed by atoms with van der Waals surface area (Å²) in [6.45, 7) is 4.66. The van der Waals surface area contributed by atoms with Gasteiger partial charge in [0.1, 0.15) is 0 Å². The number of fused-ring (bicyclic) bond motifs is 8. The molecule has 8 aromatic carbocycles. The van der Waals surface area contributed by atoms with Gasteiger partial charge in [0.15, 0.2) is 5.82 Å². The summed E-state index contributed by atoms with van der Waals surface area (Å²) in [5.74, 6) is 0.714. The third-order valence-electron chi connectivity index (χ3n) is 11.7. The zero-order valence-electron chi connectivity index (χ0n) is 31.1. The maximum absolute atomic E-state index is 5.33. The van der Waals surface area contributed by atoms with Crippen LogP contribution >= 0.6 is 11.3 Å². The summed E-state index contributed by atoms with van der Waals surface area (Å²) >= 11 is 1.88. The van der Waals surface area contributed by atoms with Crippen molar-refractivity contribution in [3.63, 3.8) is 0 Å². The predicted octanol–water partition coefficient (Wildman–Crippen LogP) is 14.6. The van der Waals surface area contributed by atoms with E-state index in [0.717, 1.165) is 33.6 Å². The minimum absolute atomic E-state index is 0.113. The Morgan fingerprint density at radius 1 is 0.411 bits per heavy atom. The van der Waals surface area contributed by atoms with Crippen LogP contribution in [0.2, 0.25) is 0 Å². The van der Waals surface area contributed by atoms with Crippen molar-refractivity contribution in [2.75, 3.05) is 0 Å². The molecule has 10 aromatic rings. The Labute approximate surface area is 330 Å². The second kappa shape index (κ2) is 12.7. The summed E-state index contributed by atoms with van der Waals surface area (Å²) in [5, 5.41) is 5.16. The average Bonchev–Trinajstić information content (AvgIpc) is 3.76. The second-order valence-corrected chi connectivity index (χ2v) is 16.4. The SMILES string of the molecule is CC1(C)c2ccccc2-c2ccc(-c3cc(-c4cc(-c5ccccc5)cc(-c5cccc6sc7c8ccccc8ccc7c56)c4)nc(-c4ccccc4)n3)cc21. The molecule has 0 N–H and O–H groups in total. The Kier molecular flexibility index (Phi) is 7.42. The summed E-state index contributed by atoms with van der Waals surface area (Å²) in [7, 11) is 0. The van der Waals surface area contributed by atoms with Crippen molar-refractivity contribution in [2.24, 2.45) is 0 Å². The maximum atomic E-state index is 5.33. The molecule has 0 amide bonds. The summed E-state index contributed by atoms with van der Waals surface area (Å²) in [6.07, 6.45) is 0. The van der Waals surface area contributed by atoms with Gasteiger partial charge in [0.2, 0.25) is 0 Å². The first-order valence-electron chi connectivity index (χ1n) is 19.2. The highest BCUT2D eigenvalue weighted by atomic mass is 32.1. The van der Waals surface area contributed by atoms with E-state index in [0.29, 0.717) is 5.82 Å². The van der Waals surface area contributed by atoms with Gasteiger partial charge >= 0.3 is 0 Å². The summed E-state index contributed by atoms with van der Waals surface area (Å²) in [6, 6.07) is 65.9. The zero-order chi connectivity index (χ0) is 37.4.